The molecule has 19 heavy (non-hydrogen) atoms. The van der Waals surface area contributed by atoms with E-state index in [1.165, 1.54) is 25.6 Å². The molecule has 5 heteroatoms. The van der Waals surface area contributed by atoms with Crippen LogP contribution in [-0.4, -0.2) is 47.0 Å². The van der Waals surface area contributed by atoms with Crippen molar-refractivity contribution in [1.29, 1.82) is 0 Å². The Morgan fingerprint density at radius 1 is 0.947 bits per heavy atom. The van der Waals surface area contributed by atoms with Gasteiger partial charge < -0.3 is 9.80 Å². The Bertz CT molecular complexity index is 451. The van der Waals surface area contributed by atoms with E-state index in [2.05, 4.69) is 14.9 Å². The van der Waals surface area contributed by atoms with Crippen LogP contribution in [0.5, 0.6) is 0 Å². The minimum absolute atomic E-state index is 0.0539. The first kappa shape index (κ1) is 12.4. The molecule has 0 saturated carbocycles. The summed E-state index contributed by atoms with van der Waals surface area (Å²) in [4.78, 5) is 24.9. The van der Waals surface area contributed by atoms with Gasteiger partial charge in [0.25, 0.3) is 5.91 Å². The number of anilines is 1. The van der Waals surface area contributed by atoms with Gasteiger partial charge in [-0.1, -0.05) is 0 Å². The number of hydrogen-bond acceptors (Lipinski definition) is 4. The zero-order valence-electron chi connectivity index (χ0n) is 11.2. The van der Waals surface area contributed by atoms with Crippen LogP contribution in [0, 0.1) is 0 Å². The minimum atomic E-state index is 0.0539. The molecule has 102 valence electrons. The highest BCUT2D eigenvalue weighted by Gasteiger charge is 2.22. The van der Waals surface area contributed by atoms with Crippen molar-refractivity contribution in [1.82, 2.24) is 14.9 Å². The fourth-order valence-electron chi connectivity index (χ4n) is 2.84. The first-order chi connectivity index (χ1) is 9.34. The van der Waals surface area contributed by atoms with E-state index in [0.29, 0.717) is 5.69 Å². The number of aromatic nitrogens is 2. The van der Waals surface area contributed by atoms with Crippen LogP contribution in [0.4, 0.5) is 5.82 Å². The fourth-order valence-corrected chi connectivity index (χ4v) is 2.84. The molecule has 3 heterocycles. The van der Waals surface area contributed by atoms with Crippen molar-refractivity contribution in [2.75, 3.05) is 31.1 Å². The van der Waals surface area contributed by atoms with Gasteiger partial charge in [-0.05, 0) is 32.1 Å². The zero-order chi connectivity index (χ0) is 13.1. The Kier molecular flexibility index (Phi) is 3.62. The average Bonchev–Trinajstić information content (AvgIpc) is 3.02. The summed E-state index contributed by atoms with van der Waals surface area (Å²) in [6.07, 6.45) is 7.44. The Morgan fingerprint density at radius 3 is 2.37 bits per heavy atom. The Labute approximate surface area is 113 Å². The molecule has 2 fully saturated rings. The summed E-state index contributed by atoms with van der Waals surface area (Å²) in [6.45, 7) is 3.80. The second-order valence-corrected chi connectivity index (χ2v) is 5.31. The summed E-state index contributed by atoms with van der Waals surface area (Å²) >= 11 is 0. The van der Waals surface area contributed by atoms with Crippen molar-refractivity contribution < 1.29 is 4.79 Å². The van der Waals surface area contributed by atoms with E-state index in [9.17, 15) is 4.79 Å². The molecule has 0 spiro atoms. The topological polar surface area (TPSA) is 49.3 Å². The molecular formula is C14H20N4O. The molecular weight excluding hydrogens is 240 g/mol. The maximum absolute atomic E-state index is 12.3. The molecule has 0 aromatic carbocycles. The lowest BCUT2D eigenvalue weighted by Crippen LogP contribution is -2.32. The maximum atomic E-state index is 12.3. The third-order valence-electron chi connectivity index (χ3n) is 3.95. The molecule has 3 rings (SSSR count). The van der Waals surface area contributed by atoms with Gasteiger partial charge in [0.1, 0.15) is 17.8 Å². The predicted molar refractivity (Wildman–Crippen MR) is 73.2 cm³/mol. The molecule has 1 aromatic rings. The lowest BCUT2D eigenvalue weighted by Gasteiger charge is -2.27. The number of hydrogen-bond donors (Lipinski definition) is 0. The number of rotatable bonds is 2. The Balaban J connectivity index is 1.76. The van der Waals surface area contributed by atoms with Crippen LogP contribution in [0.25, 0.3) is 0 Å². The number of nitrogens with zero attached hydrogens (tertiary/aromatic N) is 4. The first-order valence-corrected chi connectivity index (χ1v) is 7.21. The monoisotopic (exact) mass is 260 g/mol. The van der Waals surface area contributed by atoms with Gasteiger partial charge in [0.2, 0.25) is 0 Å². The van der Waals surface area contributed by atoms with Gasteiger partial charge >= 0.3 is 0 Å². The summed E-state index contributed by atoms with van der Waals surface area (Å²) in [6, 6.07) is 1.85. The van der Waals surface area contributed by atoms with Crippen molar-refractivity contribution in [3.63, 3.8) is 0 Å². The van der Waals surface area contributed by atoms with Gasteiger partial charge in [0.15, 0.2) is 0 Å². The minimum Gasteiger partial charge on any atom is -0.357 e. The predicted octanol–water partition coefficient (Wildman–Crippen LogP) is 1.70. The summed E-state index contributed by atoms with van der Waals surface area (Å²) < 4.78 is 0. The van der Waals surface area contributed by atoms with E-state index in [4.69, 9.17) is 0 Å². The van der Waals surface area contributed by atoms with Gasteiger partial charge in [-0.3, -0.25) is 4.79 Å². The standard InChI is InChI=1S/C14H20N4O/c19-14(18-8-4-5-9-18)12-10-13(16-11-15-12)17-6-2-1-3-7-17/h10-11H,1-9H2. The van der Waals surface area contributed by atoms with E-state index in [0.717, 1.165) is 44.8 Å². The van der Waals surface area contributed by atoms with Crippen molar-refractivity contribution in [3.05, 3.63) is 18.1 Å². The molecule has 0 unspecified atom stereocenters. The van der Waals surface area contributed by atoms with Crippen molar-refractivity contribution in [3.8, 4) is 0 Å². The van der Waals surface area contributed by atoms with Crippen molar-refractivity contribution >= 4 is 11.7 Å². The molecule has 0 radical (unpaired) electrons. The first-order valence-electron chi connectivity index (χ1n) is 7.21. The second-order valence-electron chi connectivity index (χ2n) is 5.31. The van der Waals surface area contributed by atoms with Crippen molar-refractivity contribution in [2.45, 2.75) is 32.1 Å². The number of amides is 1. The van der Waals surface area contributed by atoms with Gasteiger partial charge in [0.05, 0.1) is 0 Å². The van der Waals surface area contributed by atoms with Gasteiger partial charge in [-0.2, -0.15) is 0 Å². The molecule has 1 amide bonds. The molecule has 0 N–H and O–H groups in total. The van der Waals surface area contributed by atoms with Gasteiger partial charge in [-0.15, -0.1) is 0 Å². The molecule has 1 aromatic heterocycles. The number of carbonyl (C=O) groups excluding carboxylic acids is 1. The van der Waals surface area contributed by atoms with Crippen LogP contribution in [-0.2, 0) is 0 Å². The van der Waals surface area contributed by atoms with Gasteiger partial charge in [-0.25, -0.2) is 9.97 Å². The highest BCUT2D eigenvalue weighted by atomic mass is 16.2. The summed E-state index contributed by atoms with van der Waals surface area (Å²) in [5.41, 5.74) is 0.539. The molecule has 2 aliphatic heterocycles. The van der Waals surface area contributed by atoms with Crippen LogP contribution in [0.3, 0.4) is 0 Å². The Hall–Kier alpha value is -1.65. The molecule has 2 saturated heterocycles. The van der Waals surface area contributed by atoms with Crippen LogP contribution in [0.2, 0.25) is 0 Å². The SMILES string of the molecule is O=C(c1cc(N2CCCCC2)ncn1)N1CCCC1. The van der Waals surface area contributed by atoms with E-state index in [1.807, 2.05) is 11.0 Å². The van der Waals surface area contributed by atoms with Crippen LogP contribution in [0.15, 0.2) is 12.4 Å². The van der Waals surface area contributed by atoms with Gasteiger partial charge in [0, 0.05) is 32.2 Å². The fraction of sp³-hybridized carbons (Fsp3) is 0.643. The molecule has 5 nitrogen and oxygen atoms in total. The molecule has 2 aliphatic rings. The van der Waals surface area contributed by atoms with E-state index in [-0.39, 0.29) is 5.91 Å². The number of piperidine rings is 1. The lowest BCUT2D eigenvalue weighted by atomic mass is 10.1. The van der Waals surface area contributed by atoms with E-state index in [1.54, 1.807) is 0 Å². The second kappa shape index (κ2) is 5.55. The van der Waals surface area contributed by atoms with E-state index >= 15 is 0 Å². The highest BCUT2D eigenvalue weighted by Crippen LogP contribution is 2.19. The number of carbonyl (C=O) groups is 1. The average molecular weight is 260 g/mol. The summed E-state index contributed by atoms with van der Waals surface area (Å²) in [5, 5.41) is 0. The summed E-state index contributed by atoms with van der Waals surface area (Å²) in [5.74, 6) is 0.954. The normalized spacial score (nSPS) is 19.8. The highest BCUT2D eigenvalue weighted by molar-refractivity contribution is 5.93. The molecule has 0 atom stereocenters. The van der Waals surface area contributed by atoms with Crippen LogP contribution >= 0.6 is 0 Å². The quantitative estimate of drug-likeness (QED) is 0.812. The van der Waals surface area contributed by atoms with Crippen LogP contribution in [0.1, 0.15) is 42.6 Å². The third-order valence-corrected chi connectivity index (χ3v) is 3.95. The van der Waals surface area contributed by atoms with Crippen LogP contribution < -0.4 is 4.90 Å². The van der Waals surface area contributed by atoms with E-state index < -0.39 is 0 Å². The number of likely N-dealkylation sites (tertiary alicyclic amines) is 1. The maximum Gasteiger partial charge on any atom is 0.272 e. The molecule has 0 bridgehead atoms. The summed E-state index contributed by atoms with van der Waals surface area (Å²) in [7, 11) is 0. The van der Waals surface area contributed by atoms with Crippen molar-refractivity contribution in [2.24, 2.45) is 0 Å². The largest absolute Gasteiger partial charge is 0.357 e. The molecule has 0 aliphatic carbocycles. The zero-order valence-corrected chi connectivity index (χ0v) is 11.2. The smallest absolute Gasteiger partial charge is 0.272 e. The third kappa shape index (κ3) is 2.69. The lowest BCUT2D eigenvalue weighted by molar-refractivity contribution is 0.0787. The Morgan fingerprint density at radius 2 is 1.63 bits per heavy atom.